The maximum atomic E-state index is 12.3. The second kappa shape index (κ2) is 6.16. The van der Waals surface area contributed by atoms with E-state index in [1.807, 2.05) is 11.4 Å². The third-order valence-corrected chi connectivity index (χ3v) is 4.07. The third kappa shape index (κ3) is 3.13. The van der Waals surface area contributed by atoms with E-state index in [2.05, 4.69) is 5.32 Å². The SMILES string of the molecule is CC(CO)NC(=O)[C@@H]1CCCN1C(=O)c1cccs1. The van der Waals surface area contributed by atoms with Crippen molar-refractivity contribution in [2.75, 3.05) is 13.2 Å². The molecule has 1 fully saturated rings. The molecule has 0 spiro atoms. The Morgan fingerprint density at radius 2 is 2.42 bits per heavy atom. The number of nitrogens with one attached hydrogen (secondary N) is 1. The molecular formula is C13H18N2O3S. The van der Waals surface area contributed by atoms with E-state index >= 15 is 0 Å². The number of aliphatic hydroxyl groups excluding tert-OH is 1. The van der Waals surface area contributed by atoms with Crippen molar-refractivity contribution in [1.29, 1.82) is 0 Å². The fraction of sp³-hybridized carbons (Fsp3) is 0.538. The van der Waals surface area contributed by atoms with Crippen molar-refractivity contribution in [2.45, 2.75) is 31.8 Å². The fourth-order valence-corrected chi connectivity index (χ4v) is 2.89. The van der Waals surface area contributed by atoms with E-state index in [9.17, 15) is 9.59 Å². The number of amides is 2. The Hall–Kier alpha value is -1.40. The van der Waals surface area contributed by atoms with Crippen LogP contribution < -0.4 is 5.32 Å². The molecule has 0 bridgehead atoms. The van der Waals surface area contributed by atoms with Gasteiger partial charge in [0, 0.05) is 12.6 Å². The van der Waals surface area contributed by atoms with Crippen LogP contribution in [0.1, 0.15) is 29.4 Å². The Morgan fingerprint density at radius 3 is 3.05 bits per heavy atom. The van der Waals surface area contributed by atoms with Gasteiger partial charge in [-0.05, 0) is 31.2 Å². The molecule has 5 nitrogen and oxygen atoms in total. The number of likely N-dealkylation sites (tertiary alicyclic amines) is 1. The van der Waals surface area contributed by atoms with Gasteiger partial charge in [0.05, 0.1) is 11.5 Å². The van der Waals surface area contributed by atoms with Crippen LogP contribution in [0.4, 0.5) is 0 Å². The van der Waals surface area contributed by atoms with Gasteiger partial charge in [0.2, 0.25) is 5.91 Å². The number of aliphatic hydroxyl groups is 1. The van der Waals surface area contributed by atoms with Gasteiger partial charge >= 0.3 is 0 Å². The minimum Gasteiger partial charge on any atom is -0.394 e. The van der Waals surface area contributed by atoms with Crippen LogP contribution in [0.3, 0.4) is 0 Å². The molecule has 0 aliphatic carbocycles. The van der Waals surface area contributed by atoms with Gasteiger partial charge in [-0.25, -0.2) is 0 Å². The molecule has 2 heterocycles. The highest BCUT2D eigenvalue weighted by atomic mass is 32.1. The first-order valence-corrected chi connectivity index (χ1v) is 7.27. The van der Waals surface area contributed by atoms with Crippen molar-refractivity contribution in [1.82, 2.24) is 10.2 Å². The van der Waals surface area contributed by atoms with Crippen molar-refractivity contribution < 1.29 is 14.7 Å². The van der Waals surface area contributed by atoms with Gasteiger partial charge in [0.25, 0.3) is 5.91 Å². The lowest BCUT2D eigenvalue weighted by molar-refractivity contribution is -0.125. The standard InChI is InChI=1S/C13H18N2O3S/c1-9(8-16)14-12(17)10-4-2-6-15(10)13(18)11-5-3-7-19-11/h3,5,7,9-10,16H,2,4,6,8H2,1H3,(H,14,17)/t9?,10-/m0/s1. The second-order valence-corrected chi connectivity index (χ2v) is 5.67. The minimum atomic E-state index is -0.413. The van der Waals surface area contributed by atoms with Crippen LogP contribution in [-0.2, 0) is 4.79 Å². The van der Waals surface area contributed by atoms with E-state index in [1.54, 1.807) is 17.9 Å². The molecule has 1 saturated heterocycles. The lowest BCUT2D eigenvalue weighted by Gasteiger charge is -2.24. The second-order valence-electron chi connectivity index (χ2n) is 4.73. The average molecular weight is 282 g/mol. The van der Waals surface area contributed by atoms with E-state index in [4.69, 9.17) is 5.11 Å². The first kappa shape index (κ1) is 14.0. The summed E-state index contributed by atoms with van der Waals surface area (Å²) >= 11 is 1.39. The summed E-state index contributed by atoms with van der Waals surface area (Å²) in [6.45, 7) is 2.25. The predicted octanol–water partition coefficient (Wildman–Crippen LogP) is 0.850. The van der Waals surface area contributed by atoms with Gasteiger partial charge in [-0.2, -0.15) is 0 Å². The van der Waals surface area contributed by atoms with Gasteiger partial charge in [0.15, 0.2) is 0 Å². The molecule has 1 aliphatic rings. The quantitative estimate of drug-likeness (QED) is 0.860. The highest BCUT2D eigenvalue weighted by Crippen LogP contribution is 2.22. The number of hydrogen-bond acceptors (Lipinski definition) is 4. The van der Waals surface area contributed by atoms with Crippen molar-refractivity contribution in [3.63, 3.8) is 0 Å². The molecule has 1 unspecified atom stereocenters. The monoisotopic (exact) mass is 282 g/mol. The van der Waals surface area contributed by atoms with Crippen LogP contribution >= 0.6 is 11.3 Å². The molecule has 6 heteroatoms. The van der Waals surface area contributed by atoms with Crippen LogP contribution in [0.2, 0.25) is 0 Å². The van der Waals surface area contributed by atoms with Gasteiger partial charge in [-0.1, -0.05) is 6.07 Å². The number of rotatable bonds is 4. The van der Waals surface area contributed by atoms with E-state index in [1.165, 1.54) is 11.3 Å². The van der Waals surface area contributed by atoms with Crippen molar-refractivity contribution >= 4 is 23.2 Å². The van der Waals surface area contributed by atoms with Gasteiger partial charge in [0.1, 0.15) is 6.04 Å². The summed E-state index contributed by atoms with van der Waals surface area (Å²) in [6.07, 6.45) is 1.52. The highest BCUT2D eigenvalue weighted by Gasteiger charge is 2.35. The molecule has 1 aromatic rings. The van der Waals surface area contributed by atoms with Gasteiger partial charge in [-0.3, -0.25) is 9.59 Å². The predicted molar refractivity (Wildman–Crippen MR) is 73.1 cm³/mol. The van der Waals surface area contributed by atoms with Crippen LogP contribution in [0.15, 0.2) is 17.5 Å². The molecule has 1 aliphatic heterocycles. The van der Waals surface area contributed by atoms with Crippen LogP contribution in [-0.4, -0.2) is 47.1 Å². The molecular weight excluding hydrogens is 264 g/mol. The Labute approximate surface area is 116 Å². The lowest BCUT2D eigenvalue weighted by atomic mass is 10.2. The summed E-state index contributed by atoms with van der Waals surface area (Å²) in [7, 11) is 0. The molecule has 2 rings (SSSR count). The number of nitrogens with zero attached hydrogens (tertiary/aromatic N) is 1. The van der Waals surface area contributed by atoms with Crippen LogP contribution in [0, 0.1) is 0 Å². The maximum absolute atomic E-state index is 12.3. The summed E-state index contributed by atoms with van der Waals surface area (Å²) in [5.41, 5.74) is 0. The van der Waals surface area contributed by atoms with E-state index in [0.29, 0.717) is 17.8 Å². The molecule has 2 amide bonds. The van der Waals surface area contributed by atoms with E-state index in [0.717, 1.165) is 6.42 Å². The average Bonchev–Trinajstić information content (AvgIpc) is 3.08. The zero-order chi connectivity index (χ0) is 13.8. The molecule has 2 atom stereocenters. The number of hydrogen-bond donors (Lipinski definition) is 2. The normalized spacial score (nSPS) is 20.3. The van der Waals surface area contributed by atoms with Crippen molar-refractivity contribution in [3.8, 4) is 0 Å². The molecule has 104 valence electrons. The Morgan fingerprint density at radius 1 is 1.63 bits per heavy atom. The Bertz CT molecular complexity index is 447. The summed E-state index contributed by atoms with van der Waals surface area (Å²) < 4.78 is 0. The lowest BCUT2D eigenvalue weighted by Crippen LogP contribution is -2.48. The Balaban J connectivity index is 2.04. The van der Waals surface area contributed by atoms with Gasteiger partial charge < -0.3 is 15.3 Å². The minimum absolute atomic E-state index is 0.0794. The van der Waals surface area contributed by atoms with Gasteiger partial charge in [-0.15, -0.1) is 11.3 Å². The summed E-state index contributed by atoms with van der Waals surface area (Å²) in [4.78, 5) is 26.7. The Kier molecular flexibility index (Phi) is 4.55. The first-order chi connectivity index (χ1) is 9.13. The zero-order valence-electron chi connectivity index (χ0n) is 10.8. The highest BCUT2D eigenvalue weighted by molar-refractivity contribution is 7.12. The first-order valence-electron chi connectivity index (χ1n) is 6.39. The maximum Gasteiger partial charge on any atom is 0.264 e. The molecule has 19 heavy (non-hydrogen) atoms. The summed E-state index contributed by atoms with van der Waals surface area (Å²) in [5.74, 6) is -0.256. The fourth-order valence-electron chi connectivity index (χ4n) is 2.21. The molecule has 1 aromatic heterocycles. The van der Waals surface area contributed by atoms with Crippen molar-refractivity contribution in [3.05, 3.63) is 22.4 Å². The van der Waals surface area contributed by atoms with Crippen molar-refractivity contribution in [2.24, 2.45) is 0 Å². The number of carbonyl (C=O) groups is 2. The molecule has 2 N–H and O–H groups in total. The number of carbonyl (C=O) groups excluding carboxylic acids is 2. The largest absolute Gasteiger partial charge is 0.394 e. The molecule has 0 radical (unpaired) electrons. The smallest absolute Gasteiger partial charge is 0.264 e. The third-order valence-electron chi connectivity index (χ3n) is 3.21. The summed E-state index contributed by atoms with van der Waals surface area (Å²) in [5, 5.41) is 13.5. The topological polar surface area (TPSA) is 69.6 Å². The van der Waals surface area contributed by atoms with E-state index < -0.39 is 6.04 Å². The molecule has 0 saturated carbocycles. The van der Waals surface area contributed by atoms with E-state index in [-0.39, 0.29) is 24.5 Å². The van der Waals surface area contributed by atoms with Crippen LogP contribution in [0.5, 0.6) is 0 Å². The number of thiophene rings is 1. The van der Waals surface area contributed by atoms with Crippen LogP contribution in [0.25, 0.3) is 0 Å². The summed E-state index contributed by atoms with van der Waals surface area (Å²) in [6, 6.07) is 2.91. The molecule has 0 aromatic carbocycles. The zero-order valence-corrected chi connectivity index (χ0v) is 11.7.